The summed E-state index contributed by atoms with van der Waals surface area (Å²) in [5, 5.41) is 6.66. The highest BCUT2D eigenvalue weighted by Crippen LogP contribution is 2.27. The SMILES string of the molecule is CCc1nc(COc2ccc3c(c2)NC(=O)CC3)no1. The number of hydrogen-bond donors (Lipinski definition) is 1. The zero-order valence-electron chi connectivity index (χ0n) is 11.2. The molecule has 1 aromatic carbocycles. The summed E-state index contributed by atoms with van der Waals surface area (Å²) in [7, 11) is 0. The maximum Gasteiger partial charge on any atom is 0.226 e. The van der Waals surface area contributed by atoms with Gasteiger partial charge in [-0.15, -0.1) is 0 Å². The van der Waals surface area contributed by atoms with E-state index in [9.17, 15) is 4.79 Å². The maximum atomic E-state index is 11.4. The molecule has 0 radical (unpaired) electrons. The number of nitrogens with zero attached hydrogens (tertiary/aromatic N) is 2. The van der Waals surface area contributed by atoms with Gasteiger partial charge in [-0.1, -0.05) is 18.1 Å². The largest absolute Gasteiger partial charge is 0.485 e. The molecule has 2 aromatic rings. The molecule has 20 heavy (non-hydrogen) atoms. The monoisotopic (exact) mass is 273 g/mol. The van der Waals surface area contributed by atoms with E-state index in [-0.39, 0.29) is 12.5 Å². The van der Waals surface area contributed by atoms with Gasteiger partial charge in [0, 0.05) is 24.6 Å². The molecular weight excluding hydrogens is 258 g/mol. The van der Waals surface area contributed by atoms with Crippen molar-refractivity contribution in [1.82, 2.24) is 10.1 Å². The summed E-state index contributed by atoms with van der Waals surface area (Å²) >= 11 is 0. The van der Waals surface area contributed by atoms with Crippen molar-refractivity contribution >= 4 is 11.6 Å². The Morgan fingerprint density at radius 3 is 3.10 bits per heavy atom. The van der Waals surface area contributed by atoms with Crippen molar-refractivity contribution in [1.29, 1.82) is 0 Å². The van der Waals surface area contributed by atoms with Crippen molar-refractivity contribution in [2.75, 3.05) is 5.32 Å². The van der Waals surface area contributed by atoms with Gasteiger partial charge in [-0.05, 0) is 18.1 Å². The van der Waals surface area contributed by atoms with E-state index in [1.54, 1.807) is 0 Å². The Morgan fingerprint density at radius 2 is 2.30 bits per heavy atom. The van der Waals surface area contributed by atoms with Crippen LogP contribution in [0, 0.1) is 0 Å². The number of aromatic nitrogens is 2. The number of rotatable bonds is 4. The predicted molar refractivity (Wildman–Crippen MR) is 71.4 cm³/mol. The average molecular weight is 273 g/mol. The summed E-state index contributed by atoms with van der Waals surface area (Å²) in [6, 6.07) is 5.68. The molecule has 0 aliphatic carbocycles. The van der Waals surface area contributed by atoms with Gasteiger partial charge >= 0.3 is 0 Å². The fraction of sp³-hybridized carbons (Fsp3) is 0.357. The van der Waals surface area contributed by atoms with Crippen LogP contribution in [0.25, 0.3) is 0 Å². The van der Waals surface area contributed by atoms with E-state index in [2.05, 4.69) is 15.5 Å². The van der Waals surface area contributed by atoms with Gasteiger partial charge in [-0.3, -0.25) is 4.79 Å². The van der Waals surface area contributed by atoms with Crippen molar-refractivity contribution in [2.45, 2.75) is 32.8 Å². The number of fused-ring (bicyclic) bond motifs is 1. The number of benzene rings is 1. The van der Waals surface area contributed by atoms with E-state index < -0.39 is 0 Å². The van der Waals surface area contributed by atoms with Crippen molar-refractivity contribution < 1.29 is 14.1 Å². The third kappa shape index (κ3) is 2.64. The summed E-state index contributed by atoms with van der Waals surface area (Å²) < 4.78 is 10.6. The zero-order chi connectivity index (χ0) is 13.9. The lowest BCUT2D eigenvalue weighted by Gasteiger charge is -2.17. The topological polar surface area (TPSA) is 77.2 Å². The first-order valence-electron chi connectivity index (χ1n) is 6.61. The molecule has 1 aliphatic rings. The summed E-state index contributed by atoms with van der Waals surface area (Å²) in [5.41, 5.74) is 1.95. The Kier molecular flexibility index (Phi) is 3.37. The number of ether oxygens (including phenoxy) is 1. The second-order valence-corrected chi connectivity index (χ2v) is 4.61. The minimum absolute atomic E-state index is 0.0420. The number of carbonyl (C=O) groups is 1. The molecular formula is C14H15N3O3. The van der Waals surface area contributed by atoms with Gasteiger partial charge in [0.05, 0.1) is 0 Å². The van der Waals surface area contributed by atoms with Gasteiger partial charge in [-0.25, -0.2) is 0 Å². The molecule has 104 valence electrons. The van der Waals surface area contributed by atoms with Crippen LogP contribution in [0.4, 0.5) is 5.69 Å². The Bertz CT molecular complexity index is 636. The molecule has 0 atom stereocenters. The van der Waals surface area contributed by atoms with Crippen LogP contribution < -0.4 is 10.1 Å². The van der Waals surface area contributed by atoms with E-state index in [0.29, 0.717) is 30.3 Å². The molecule has 2 heterocycles. The van der Waals surface area contributed by atoms with Gasteiger partial charge < -0.3 is 14.6 Å². The van der Waals surface area contributed by atoms with E-state index in [4.69, 9.17) is 9.26 Å². The lowest BCUT2D eigenvalue weighted by molar-refractivity contribution is -0.116. The zero-order valence-corrected chi connectivity index (χ0v) is 11.2. The average Bonchev–Trinajstić information content (AvgIpc) is 2.92. The highest BCUT2D eigenvalue weighted by Gasteiger charge is 2.15. The van der Waals surface area contributed by atoms with Gasteiger partial charge in [0.2, 0.25) is 17.6 Å². The number of anilines is 1. The number of nitrogens with one attached hydrogen (secondary N) is 1. The van der Waals surface area contributed by atoms with E-state index in [1.807, 2.05) is 25.1 Å². The predicted octanol–water partition coefficient (Wildman–Crippen LogP) is 2.10. The van der Waals surface area contributed by atoms with Gasteiger partial charge in [0.1, 0.15) is 5.75 Å². The Labute approximate surface area is 116 Å². The molecule has 1 amide bonds. The number of amides is 1. The third-order valence-corrected chi connectivity index (χ3v) is 3.16. The Morgan fingerprint density at radius 1 is 1.40 bits per heavy atom. The molecule has 0 saturated heterocycles. The van der Waals surface area contributed by atoms with E-state index in [1.165, 1.54) is 0 Å². The minimum Gasteiger partial charge on any atom is -0.485 e. The van der Waals surface area contributed by atoms with Crippen molar-refractivity contribution in [3.05, 3.63) is 35.5 Å². The molecule has 1 aliphatic heterocycles. The van der Waals surface area contributed by atoms with Crippen LogP contribution in [0.15, 0.2) is 22.7 Å². The van der Waals surface area contributed by atoms with Gasteiger partial charge in [0.15, 0.2) is 6.61 Å². The number of hydrogen-bond acceptors (Lipinski definition) is 5. The van der Waals surface area contributed by atoms with Crippen LogP contribution in [-0.4, -0.2) is 16.0 Å². The van der Waals surface area contributed by atoms with Crippen molar-refractivity contribution in [3.8, 4) is 5.75 Å². The van der Waals surface area contributed by atoms with E-state index >= 15 is 0 Å². The molecule has 6 heteroatoms. The van der Waals surface area contributed by atoms with Crippen LogP contribution in [0.1, 0.15) is 30.6 Å². The minimum atomic E-state index is 0.0420. The second-order valence-electron chi connectivity index (χ2n) is 4.61. The smallest absolute Gasteiger partial charge is 0.226 e. The standard InChI is InChI=1S/C14H15N3O3/c1-2-14-16-12(17-20-14)8-19-10-5-3-9-4-6-13(18)15-11(9)7-10/h3,5,7H,2,4,6,8H2,1H3,(H,15,18). The van der Waals surface area contributed by atoms with Crippen LogP contribution >= 0.6 is 0 Å². The molecule has 0 fully saturated rings. The highest BCUT2D eigenvalue weighted by molar-refractivity contribution is 5.94. The lowest BCUT2D eigenvalue weighted by atomic mass is 10.0. The first kappa shape index (κ1) is 12.7. The summed E-state index contributed by atoms with van der Waals surface area (Å²) in [6.07, 6.45) is 2.01. The Hall–Kier alpha value is -2.37. The normalized spacial score (nSPS) is 13.8. The van der Waals surface area contributed by atoms with Crippen LogP contribution in [-0.2, 0) is 24.2 Å². The molecule has 0 bridgehead atoms. The fourth-order valence-electron chi connectivity index (χ4n) is 2.08. The Balaban J connectivity index is 1.68. The van der Waals surface area contributed by atoms with Crippen molar-refractivity contribution in [3.63, 3.8) is 0 Å². The fourth-order valence-corrected chi connectivity index (χ4v) is 2.08. The summed E-state index contributed by atoms with van der Waals surface area (Å²) in [6.45, 7) is 2.19. The first-order valence-corrected chi connectivity index (χ1v) is 6.61. The molecule has 0 spiro atoms. The van der Waals surface area contributed by atoms with Crippen LogP contribution in [0.5, 0.6) is 5.75 Å². The van der Waals surface area contributed by atoms with Gasteiger partial charge in [0.25, 0.3) is 0 Å². The molecule has 0 unspecified atom stereocenters. The quantitative estimate of drug-likeness (QED) is 0.923. The summed E-state index contributed by atoms with van der Waals surface area (Å²) in [4.78, 5) is 15.5. The number of aryl methyl sites for hydroxylation is 2. The second kappa shape index (κ2) is 5.32. The first-order chi connectivity index (χ1) is 9.74. The van der Waals surface area contributed by atoms with E-state index in [0.717, 1.165) is 17.7 Å². The molecule has 6 nitrogen and oxygen atoms in total. The maximum absolute atomic E-state index is 11.4. The van der Waals surface area contributed by atoms with Crippen LogP contribution in [0.3, 0.4) is 0 Å². The van der Waals surface area contributed by atoms with Gasteiger partial charge in [-0.2, -0.15) is 4.98 Å². The highest BCUT2D eigenvalue weighted by atomic mass is 16.5. The third-order valence-electron chi connectivity index (χ3n) is 3.16. The van der Waals surface area contributed by atoms with Crippen molar-refractivity contribution in [2.24, 2.45) is 0 Å². The lowest BCUT2D eigenvalue weighted by Crippen LogP contribution is -2.18. The van der Waals surface area contributed by atoms with Crippen LogP contribution in [0.2, 0.25) is 0 Å². The summed E-state index contributed by atoms with van der Waals surface area (Å²) in [5.74, 6) is 1.83. The molecule has 1 aromatic heterocycles. The molecule has 3 rings (SSSR count). The molecule has 0 saturated carbocycles. The number of carbonyl (C=O) groups excluding carboxylic acids is 1. The molecule has 1 N–H and O–H groups in total.